The van der Waals surface area contributed by atoms with Crippen molar-refractivity contribution in [2.75, 3.05) is 14.1 Å². The van der Waals surface area contributed by atoms with E-state index in [9.17, 15) is 4.79 Å². The second kappa shape index (κ2) is 4.86. The summed E-state index contributed by atoms with van der Waals surface area (Å²) in [4.78, 5) is 16.6. The molecule has 1 N–H and O–H groups in total. The maximum atomic E-state index is 12.1. The van der Waals surface area contributed by atoms with Gasteiger partial charge in [-0.1, -0.05) is 0 Å². The maximum absolute atomic E-state index is 12.1. The van der Waals surface area contributed by atoms with Crippen LogP contribution in [0.4, 0.5) is 0 Å². The smallest absolute Gasteiger partial charge is 0.244 e. The molecule has 0 bridgehead atoms. The van der Waals surface area contributed by atoms with Gasteiger partial charge in [-0.25, -0.2) is 0 Å². The lowest BCUT2D eigenvalue weighted by molar-refractivity contribution is -0.131. The summed E-state index contributed by atoms with van der Waals surface area (Å²) in [5.74, 6) is -0.0423. The number of carbonyl (C=O) groups excluding carboxylic acids is 1. The summed E-state index contributed by atoms with van der Waals surface area (Å²) in [6.07, 6.45) is 0. The van der Waals surface area contributed by atoms with Crippen LogP contribution in [0, 0.1) is 16.1 Å². The number of likely N-dealkylation sites (N-methyl/N-ethyl adjacent to an activating group) is 1. The Labute approximate surface area is 116 Å². The van der Waals surface area contributed by atoms with E-state index in [1.54, 1.807) is 43.8 Å². The summed E-state index contributed by atoms with van der Waals surface area (Å²) in [6, 6.07) is 6.93. The number of imidazole rings is 1. The van der Waals surface area contributed by atoms with E-state index in [2.05, 4.69) is 11.1 Å². The van der Waals surface area contributed by atoms with E-state index in [0.29, 0.717) is 10.3 Å². The van der Waals surface area contributed by atoms with Crippen LogP contribution in [0.25, 0.3) is 11.0 Å². The molecule has 19 heavy (non-hydrogen) atoms. The number of aromatic amines is 1. The van der Waals surface area contributed by atoms with Gasteiger partial charge < -0.3 is 14.5 Å². The molecule has 0 fully saturated rings. The van der Waals surface area contributed by atoms with E-state index in [0.717, 1.165) is 11.0 Å². The Bertz CT molecular complexity index is 735. The highest BCUT2D eigenvalue weighted by molar-refractivity contribution is 7.71. The lowest BCUT2D eigenvalue weighted by Crippen LogP contribution is -2.29. The van der Waals surface area contributed by atoms with Crippen molar-refractivity contribution >= 4 is 29.2 Å². The molecule has 2 rings (SSSR count). The molecule has 0 aliphatic carbocycles. The number of benzene rings is 1. The number of fused-ring (bicyclic) bond motifs is 1. The molecule has 98 valence electrons. The molecule has 1 unspecified atom stereocenters. The number of nitrogens with one attached hydrogen (secondary N) is 1. The first-order valence-corrected chi connectivity index (χ1v) is 6.22. The molecular formula is C13H14N4OS. The summed E-state index contributed by atoms with van der Waals surface area (Å²) in [6.45, 7) is 1.80. The van der Waals surface area contributed by atoms with Gasteiger partial charge in [0.2, 0.25) is 5.91 Å². The predicted molar refractivity (Wildman–Crippen MR) is 75.2 cm³/mol. The van der Waals surface area contributed by atoms with Crippen molar-refractivity contribution in [3.63, 3.8) is 0 Å². The first kappa shape index (κ1) is 13.3. The zero-order valence-corrected chi connectivity index (χ0v) is 11.8. The highest BCUT2D eigenvalue weighted by atomic mass is 32.1. The van der Waals surface area contributed by atoms with E-state index >= 15 is 0 Å². The Balaban J connectivity index is 2.66. The maximum Gasteiger partial charge on any atom is 0.244 e. The Morgan fingerprint density at radius 1 is 1.53 bits per heavy atom. The number of amides is 1. The third kappa shape index (κ3) is 2.25. The number of hydrogen-bond acceptors (Lipinski definition) is 3. The quantitative estimate of drug-likeness (QED) is 0.854. The van der Waals surface area contributed by atoms with E-state index in [4.69, 9.17) is 17.5 Å². The van der Waals surface area contributed by atoms with Gasteiger partial charge in [0.15, 0.2) is 4.77 Å². The third-order valence-electron chi connectivity index (χ3n) is 3.03. The van der Waals surface area contributed by atoms with Gasteiger partial charge in [0.05, 0.1) is 22.7 Å². The van der Waals surface area contributed by atoms with Crippen LogP contribution in [0.15, 0.2) is 18.2 Å². The molecule has 0 saturated carbocycles. The van der Waals surface area contributed by atoms with Gasteiger partial charge in [-0.15, -0.1) is 0 Å². The van der Waals surface area contributed by atoms with Gasteiger partial charge in [0, 0.05) is 14.1 Å². The van der Waals surface area contributed by atoms with E-state index in [-0.39, 0.29) is 5.91 Å². The van der Waals surface area contributed by atoms with Crippen molar-refractivity contribution in [1.82, 2.24) is 14.5 Å². The molecular weight excluding hydrogens is 260 g/mol. The zero-order chi connectivity index (χ0) is 14.2. The molecule has 1 amide bonds. The van der Waals surface area contributed by atoms with Crippen molar-refractivity contribution in [3.8, 4) is 6.07 Å². The van der Waals surface area contributed by atoms with E-state index in [1.807, 2.05) is 0 Å². The Hall–Kier alpha value is -2.13. The van der Waals surface area contributed by atoms with Crippen LogP contribution < -0.4 is 0 Å². The lowest BCUT2D eigenvalue weighted by Gasteiger charge is -2.18. The van der Waals surface area contributed by atoms with Gasteiger partial charge in [-0.05, 0) is 37.3 Å². The minimum Gasteiger partial charge on any atom is -0.347 e. The summed E-state index contributed by atoms with van der Waals surface area (Å²) in [5, 5.41) is 8.96. The zero-order valence-electron chi connectivity index (χ0n) is 11.0. The summed E-state index contributed by atoms with van der Waals surface area (Å²) in [7, 11) is 3.41. The number of nitrogens with zero attached hydrogens (tertiary/aromatic N) is 3. The number of rotatable bonds is 2. The highest BCUT2D eigenvalue weighted by Crippen LogP contribution is 2.21. The van der Waals surface area contributed by atoms with Gasteiger partial charge in [0.1, 0.15) is 6.04 Å². The fourth-order valence-corrected chi connectivity index (χ4v) is 2.43. The van der Waals surface area contributed by atoms with Gasteiger partial charge in [0.25, 0.3) is 0 Å². The van der Waals surface area contributed by atoms with Crippen LogP contribution in [0.3, 0.4) is 0 Å². The number of aromatic nitrogens is 2. The second-order valence-corrected chi connectivity index (χ2v) is 4.94. The molecule has 1 aromatic carbocycles. The molecule has 1 aromatic heterocycles. The standard InChI is InChI=1S/C13H14N4OS/c1-8(12(18)16(2)3)17-11-6-9(7-14)4-5-10(11)15-13(17)19/h4-6,8H,1-3H3,(H,15,19). The average molecular weight is 274 g/mol. The van der Waals surface area contributed by atoms with E-state index in [1.165, 1.54) is 4.90 Å². The first-order chi connectivity index (χ1) is 8.95. The largest absolute Gasteiger partial charge is 0.347 e. The Kier molecular flexibility index (Phi) is 3.40. The molecule has 0 aliphatic rings. The van der Waals surface area contributed by atoms with Crippen LogP contribution >= 0.6 is 12.2 Å². The van der Waals surface area contributed by atoms with Gasteiger partial charge >= 0.3 is 0 Å². The van der Waals surface area contributed by atoms with Crippen LogP contribution in [0.1, 0.15) is 18.5 Å². The minimum absolute atomic E-state index is 0.0423. The van der Waals surface area contributed by atoms with Gasteiger partial charge in [-0.3, -0.25) is 4.79 Å². The Morgan fingerprint density at radius 3 is 2.79 bits per heavy atom. The molecule has 6 heteroatoms. The van der Waals surface area contributed by atoms with Crippen LogP contribution in [0.5, 0.6) is 0 Å². The number of nitriles is 1. The average Bonchev–Trinajstić information content (AvgIpc) is 2.71. The number of carbonyl (C=O) groups is 1. The topological polar surface area (TPSA) is 64.8 Å². The Morgan fingerprint density at radius 2 is 2.21 bits per heavy atom. The SMILES string of the molecule is CC(C(=O)N(C)C)n1c(=S)[nH]c2ccc(C#N)cc21. The molecule has 0 saturated heterocycles. The summed E-state index contributed by atoms with van der Waals surface area (Å²) < 4.78 is 2.22. The second-order valence-electron chi connectivity index (χ2n) is 4.55. The van der Waals surface area contributed by atoms with Crippen molar-refractivity contribution < 1.29 is 4.79 Å². The molecule has 2 aromatic rings. The molecule has 5 nitrogen and oxygen atoms in total. The van der Waals surface area contributed by atoms with Crippen molar-refractivity contribution in [3.05, 3.63) is 28.5 Å². The minimum atomic E-state index is -0.412. The fourth-order valence-electron chi connectivity index (χ4n) is 2.06. The first-order valence-electron chi connectivity index (χ1n) is 5.81. The number of hydrogen-bond donors (Lipinski definition) is 1. The van der Waals surface area contributed by atoms with Crippen molar-refractivity contribution in [2.45, 2.75) is 13.0 Å². The van der Waals surface area contributed by atoms with Crippen molar-refractivity contribution in [2.24, 2.45) is 0 Å². The third-order valence-corrected chi connectivity index (χ3v) is 3.33. The molecule has 0 spiro atoms. The normalized spacial score (nSPS) is 12.1. The van der Waals surface area contributed by atoms with E-state index < -0.39 is 6.04 Å². The summed E-state index contributed by atoms with van der Waals surface area (Å²) in [5.41, 5.74) is 2.13. The summed E-state index contributed by atoms with van der Waals surface area (Å²) >= 11 is 5.27. The molecule has 1 atom stereocenters. The monoisotopic (exact) mass is 274 g/mol. The van der Waals surface area contributed by atoms with Crippen LogP contribution in [0.2, 0.25) is 0 Å². The molecule has 1 heterocycles. The highest BCUT2D eigenvalue weighted by Gasteiger charge is 2.20. The molecule has 0 radical (unpaired) electrons. The van der Waals surface area contributed by atoms with Gasteiger partial charge in [-0.2, -0.15) is 5.26 Å². The fraction of sp³-hybridized carbons (Fsp3) is 0.308. The van der Waals surface area contributed by atoms with Crippen LogP contribution in [-0.2, 0) is 4.79 Å². The predicted octanol–water partition coefficient (Wildman–Crippen LogP) is 2.22. The number of H-pyrrole nitrogens is 1. The molecule has 0 aliphatic heterocycles. The van der Waals surface area contributed by atoms with Crippen molar-refractivity contribution in [1.29, 1.82) is 5.26 Å². The van der Waals surface area contributed by atoms with Crippen LogP contribution in [-0.4, -0.2) is 34.5 Å². The lowest BCUT2D eigenvalue weighted by atomic mass is 10.2.